The second kappa shape index (κ2) is 9.98. The summed E-state index contributed by atoms with van der Waals surface area (Å²) in [4.78, 5) is 37.8. The van der Waals surface area contributed by atoms with Crippen molar-refractivity contribution in [2.45, 2.75) is 11.8 Å². The number of aromatic nitrogens is 2. The number of fused-ring (bicyclic) bond motifs is 1. The number of sulfonamides is 1. The van der Waals surface area contributed by atoms with E-state index in [0.29, 0.717) is 54.2 Å². The molecule has 1 aliphatic heterocycles. The molecular weight excluding hydrogens is 490 g/mol. The molecule has 1 saturated heterocycles. The molecule has 0 unspecified atom stereocenters. The molecule has 188 valence electrons. The number of amides is 2. The Balaban J connectivity index is 1.23. The van der Waals surface area contributed by atoms with Gasteiger partial charge in [0.05, 0.1) is 11.1 Å². The average molecular weight is 516 g/mol. The highest BCUT2D eigenvalue weighted by atomic mass is 32.2. The van der Waals surface area contributed by atoms with Crippen LogP contribution < -0.4 is 4.72 Å². The maximum absolute atomic E-state index is 13.0. The molecule has 2 aromatic heterocycles. The number of nitrogens with zero attached hydrogens (tertiary/aromatic N) is 4. The van der Waals surface area contributed by atoms with E-state index in [4.69, 9.17) is 0 Å². The number of benzene rings is 2. The minimum atomic E-state index is -3.88. The Kier molecular flexibility index (Phi) is 6.58. The zero-order valence-corrected chi connectivity index (χ0v) is 21.0. The van der Waals surface area contributed by atoms with Crippen molar-refractivity contribution in [3.8, 4) is 0 Å². The van der Waals surface area contributed by atoms with Crippen LogP contribution in [0.1, 0.15) is 26.4 Å². The van der Waals surface area contributed by atoms with E-state index in [1.165, 1.54) is 6.07 Å². The Bertz CT molecular complexity index is 1570. The normalized spacial score (nSPS) is 14.0. The maximum Gasteiger partial charge on any atom is 0.264 e. The number of pyridine rings is 2. The summed E-state index contributed by atoms with van der Waals surface area (Å²) in [6.07, 6.45) is 3.21. The van der Waals surface area contributed by atoms with Crippen LogP contribution in [0.5, 0.6) is 0 Å². The summed E-state index contributed by atoms with van der Waals surface area (Å²) in [5, 5.41) is 0.726. The van der Waals surface area contributed by atoms with Crippen LogP contribution in [0.2, 0.25) is 0 Å². The Morgan fingerprint density at radius 2 is 1.41 bits per heavy atom. The lowest BCUT2D eigenvalue weighted by Crippen LogP contribution is -2.50. The standard InChI is InChI=1S/C27H25N5O4S/c1-19-23(7-4-13-28-19)27(34)32-17-15-31(16-18-32)26(33)21-9-11-22(12-10-21)30-37(35,36)24-8-2-5-20-6-3-14-29-25(20)24/h2-14,30H,15-18H2,1H3. The number of carbonyl (C=O) groups is 2. The summed E-state index contributed by atoms with van der Waals surface area (Å²) in [5.41, 5.74) is 2.42. The highest BCUT2D eigenvalue weighted by Gasteiger charge is 2.26. The number of rotatable bonds is 5. The van der Waals surface area contributed by atoms with Gasteiger partial charge < -0.3 is 9.80 Å². The van der Waals surface area contributed by atoms with Gasteiger partial charge in [-0.3, -0.25) is 24.3 Å². The first kappa shape index (κ1) is 24.4. The van der Waals surface area contributed by atoms with E-state index in [2.05, 4.69) is 14.7 Å². The van der Waals surface area contributed by atoms with Crippen LogP contribution in [-0.4, -0.2) is 66.2 Å². The van der Waals surface area contributed by atoms with Gasteiger partial charge in [0.25, 0.3) is 21.8 Å². The zero-order chi connectivity index (χ0) is 26.0. The number of nitrogens with one attached hydrogen (secondary N) is 1. The first-order chi connectivity index (χ1) is 17.8. The third-order valence-electron chi connectivity index (χ3n) is 6.36. The molecule has 3 heterocycles. The van der Waals surface area contributed by atoms with Gasteiger partial charge in [-0.05, 0) is 55.5 Å². The van der Waals surface area contributed by atoms with Crippen LogP contribution in [0.3, 0.4) is 0 Å². The minimum absolute atomic E-state index is 0.0830. The molecule has 0 radical (unpaired) electrons. The molecule has 2 aromatic carbocycles. The van der Waals surface area contributed by atoms with Crippen molar-refractivity contribution < 1.29 is 18.0 Å². The molecule has 5 rings (SSSR count). The van der Waals surface area contributed by atoms with Gasteiger partial charge in [-0.1, -0.05) is 18.2 Å². The fraction of sp³-hybridized carbons (Fsp3) is 0.185. The van der Waals surface area contributed by atoms with Crippen molar-refractivity contribution in [3.63, 3.8) is 0 Å². The lowest BCUT2D eigenvalue weighted by atomic mass is 10.1. The van der Waals surface area contributed by atoms with E-state index in [9.17, 15) is 18.0 Å². The van der Waals surface area contributed by atoms with E-state index in [1.807, 2.05) is 0 Å². The van der Waals surface area contributed by atoms with Crippen molar-refractivity contribution >= 4 is 38.4 Å². The van der Waals surface area contributed by atoms with Gasteiger partial charge in [-0.15, -0.1) is 0 Å². The fourth-order valence-corrected chi connectivity index (χ4v) is 5.60. The number of aryl methyl sites for hydroxylation is 1. The number of para-hydroxylation sites is 1. The predicted octanol–water partition coefficient (Wildman–Crippen LogP) is 3.34. The molecule has 0 spiro atoms. The molecule has 1 N–H and O–H groups in total. The molecule has 1 aliphatic rings. The van der Waals surface area contributed by atoms with Gasteiger partial charge in [-0.25, -0.2) is 8.42 Å². The smallest absolute Gasteiger partial charge is 0.264 e. The molecule has 2 amide bonds. The SMILES string of the molecule is Cc1ncccc1C(=O)N1CCN(C(=O)c2ccc(NS(=O)(=O)c3cccc4cccnc34)cc2)CC1. The number of anilines is 1. The summed E-state index contributed by atoms with van der Waals surface area (Å²) in [6.45, 7) is 3.47. The van der Waals surface area contributed by atoms with Crippen LogP contribution in [0, 0.1) is 6.92 Å². The molecular formula is C27H25N5O4S. The topological polar surface area (TPSA) is 113 Å². The Labute approximate surface area is 214 Å². The molecule has 4 aromatic rings. The lowest BCUT2D eigenvalue weighted by molar-refractivity contribution is 0.0534. The number of carbonyl (C=O) groups excluding carboxylic acids is 2. The van der Waals surface area contributed by atoms with E-state index in [-0.39, 0.29) is 16.7 Å². The summed E-state index contributed by atoms with van der Waals surface area (Å²) in [7, 11) is -3.88. The molecule has 37 heavy (non-hydrogen) atoms. The molecule has 10 heteroatoms. The fourth-order valence-electron chi connectivity index (χ4n) is 4.36. The van der Waals surface area contributed by atoms with Crippen molar-refractivity contribution in [1.29, 1.82) is 0 Å². The van der Waals surface area contributed by atoms with Crippen molar-refractivity contribution in [2.75, 3.05) is 30.9 Å². The molecule has 1 fully saturated rings. The van der Waals surface area contributed by atoms with Gasteiger partial charge >= 0.3 is 0 Å². The first-order valence-corrected chi connectivity index (χ1v) is 13.3. The van der Waals surface area contributed by atoms with E-state index in [0.717, 1.165) is 5.39 Å². The molecule has 0 atom stereocenters. The van der Waals surface area contributed by atoms with Gasteiger partial charge in [0.1, 0.15) is 4.90 Å². The van der Waals surface area contributed by atoms with Crippen LogP contribution >= 0.6 is 0 Å². The highest BCUT2D eigenvalue weighted by Crippen LogP contribution is 2.24. The van der Waals surface area contributed by atoms with E-state index >= 15 is 0 Å². The largest absolute Gasteiger partial charge is 0.335 e. The number of hydrogen-bond acceptors (Lipinski definition) is 6. The average Bonchev–Trinajstić information content (AvgIpc) is 2.92. The first-order valence-electron chi connectivity index (χ1n) is 11.8. The third-order valence-corrected chi connectivity index (χ3v) is 7.77. The Morgan fingerprint density at radius 1 is 0.784 bits per heavy atom. The van der Waals surface area contributed by atoms with Crippen LogP contribution in [0.15, 0.2) is 84.0 Å². The van der Waals surface area contributed by atoms with Gasteiger partial charge in [-0.2, -0.15) is 0 Å². The highest BCUT2D eigenvalue weighted by molar-refractivity contribution is 7.93. The minimum Gasteiger partial charge on any atom is -0.335 e. The lowest BCUT2D eigenvalue weighted by Gasteiger charge is -2.35. The number of hydrogen-bond donors (Lipinski definition) is 1. The van der Waals surface area contributed by atoms with Crippen LogP contribution in [-0.2, 0) is 10.0 Å². The second-order valence-corrected chi connectivity index (χ2v) is 10.4. The van der Waals surface area contributed by atoms with Gasteiger partial charge in [0.2, 0.25) is 0 Å². The number of piperazine rings is 1. The van der Waals surface area contributed by atoms with E-state index in [1.54, 1.807) is 89.8 Å². The zero-order valence-electron chi connectivity index (χ0n) is 20.2. The van der Waals surface area contributed by atoms with Crippen molar-refractivity contribution in [2.24, 2.45) is 0 Å². The van der Waals surface area contributed by atoms with Gasteiger partial charge in [0.15, 0.2) is 0 Å². The van der Waals surface area contributed by atoms with Crippen LogP contribution in [0.25, 0.3) is 10.9 Å². The predicted molar refractivity (Wildman–Crippen MR) is 140 cm³/mol. The summed E-state index contributed by atoms with van der Waals surface area (Å²) in [5.74, 6) is -0.256. The molecule has 9 nitrogen and oxygen atoms in total. The van der Waals surface area contributed by atoms with Crippen molar-refractivity contribution in [3.05, 3.63) is 95.9 Å². The third kappa shape index (κ3) is 5.01. The summed E-state index contributed by atoms with van der Waals surface area (Å²) in [6, 6.07) is 18.4. The van der Waals surface area contributed by atoms with Crippen LogP contribution in [0.4, 0.5) is 5.69 Å². The second-order valence-electron chi connectivity index (χ2n) is 8.73. The Hall–Kier alpha value is -4.31. The molecule has 0 bridgehead atoms. The van der Waals surface area contributed by atoms with Gasteiger partial charge in [0, 0.05) is 60.9 Å². The maximum atomic E-state index is 13.0. The molecule has 0 aliphatic carbocycles. The molecule has 0 saturated carbocycles. The van der Waals surface area contributed by atoms with Crippen molar-refractivity contribution in [1.82, 2.24) is 19.8 Å². The van der Waals surface area contributed by atoms with E-state index < -0.39 is 10.0 Å². The summed E-state index contributed by atoms with van der Waals surface area (Å²) < 4.78 is 28.6. The quantitative estimate of drug-likeness (QED) is 0.436. The Morgan fingerprint density at radius 3 is 2.11 bits per heavy atom. The summed E-state index contributed by atoms with van der Waals surface area (Å²) >= 11 is 0. The monoisotopic (exact) mass is 515 g/mol.